The van der Waals surface area contributed by atoms with Gasteiger partial charge in [-0.2, -0.15) is 0 Å². The zero-order valence-corrected chi connectivity index (χ0v) is 32.2. The summed E-state index contributed by atoms with van der Waals surface area (Å²) in [5, 5.41) is 3.24. The zero-order valence-electron chi connectivity index (χ0n) is 31.2. The van der Waals surface area contributed by atoms with E-state index in [1.165, 1.54) is 0 Å². The van der Waals surface area contributed by atoms with Gasteiger partial charge in [0.25, 0.3) is 0 Å². The summed E-state index contributed by atoms with van der Waals surface area (Å²) in [4.78, 5) is 0. The first-order valence-corrected chi connectivity index (χ1v) is 20.4. The van der Waals surface area contributed by atoms with E-state index in [1.54, 1.807) is 0 Å². The maximum absolute atomic E-state index is 6.08. The Hall–Kier alpha value is -0.343. The summed E-state index contributed by atoms with van der Waals surface area (Å²) in [6.45, 7) is 25.6. The number of hydrogen-bond donors (Lipinski definition) is 1. The summed E-state index contributed by atoms with van der Waals surface area (Å²) in [6, 6.07) is 0. The van der Waals surface area contributed by atoms with Gasteiger partial charge in [0.15, 0.2) is 8.32 Å². The SMILES string of the molecule is CNCCOCCOCCOCCOCCOCCOCCOCCOCCOCCOCCOCCOCCO[Si](C)(C)C(C)(C)C. The minimum atomic E-state index is -1.70. The van der Waals surface area contributed by atoms with Gasteiger partial charge in [0, 0.05) is 6.54 Å². The van der Waals surface area contributed by atoms with Crippen LogP contribution in [0.2, 0.25) is 18.1 Å². The largest absolute Gasteiger partial charge is 0.414 e. The lowest BCUT2D eigenvalue weighted by Crippen LogP contribution is -2.41. The molecule has 0 aliphatic carbocycles. The van der Waals surface area contributed by atoms with E-state index in [9.17, 15) is 0 Å². The zero-order chi connectivity index (χ0) is 35.3. The molecular formula is C33H71NO13Si. The van der Waals surface area contributed by atoms with E-state index in [1.807, 2.05) is 7.05 Å². The molecule has 0 saturated heterocycles. The highest BCUT2D eigenvalue weighted by Gasteiger charge is 2.36. The highest BCUT2D eigenvalue weighted by atomic mass is 28.4. The standard InChI is InChI=1S/C33H71NO13Si/c1-33(2,3)48(5,6)47-32-31-46-30-29-45-28-27-44-26-25-43-24-23-42-22-21-41-20-19-40-18-17-39-16-15-38-14-13-37-12-11-36-10-9-35-8-7-34-4/h34H,7-32H2,1-6H3. The van der Waals surface area contributed by atoms with Crippen LogP contribution < -0.4 is 5.32 Å². The lowest BCUT2D eigenvalue weighted by molar-refractivity contribution is -0.0285. The van der Waals surface area contributed by atoms with Crippen molar-refractivity contribution in [1.82, 2.24) is 5.32 Å². The van der Waals surface area contributed by atoms with E-state index in [2.05, 4.69) is 39.2 Å². The molecule has 0 aromatic rings. The molecule has 1 N–H and O–H groups in total. The van der Waals surface area contributed by atoms with Gasteiger partial charge in [-0.1, -0.05) is 20.8 Å². The Labute approximate surface area is 292 Å². The van der Waals surface area contributed by atoms with Crippen LogP contribution in [-0.2, 0) is 61.3 Å². The van der Waals surface area contributed by atoms with Crippen LogP contribution in [-0.4, -0.2) is 187 Å². The molecule has 0 bridgehead atoms. The van der Waals surface area contributed by atoms with Crippen LogP contribution in [0.4, 0.5) is 0 Å². The van der Waals surface area contributed by atoms with E-state index in [-0.39, 0.29) is 5.04 Å². The van der Waals surface area contributed by atoms with Gasteiger partial charge in [-0.3, -0.25) is 0 Å². The predicted octanol–water partition coefficient (Wildman–Crippen LogP) is 2.43. The summed E-state index contributed by atoms with van der Waals surface area (Å²) in [5.41, 5.74) is 0. The summed E-state index contributed by atoms with van der Waals surface area (Å²) in [7, 11) is 0.199. The normalized spacial score (nSPS) is 12.4. The van der Waals surface area contributed by atoms with Crippen LogP contribution in [0, 0.1) is 0 Å². The van der Waals surface area contributed by atoms with Crippen molar-refractivity contribution in [2.45, 2.75) is 38.9 Å². The number of rotatable bonds is 40. The highest BCUT2D eigenvalue weighted by molar-refractivity contribution is 6.74. The van der Waals surface area contributed by atoms with Gasteiger partial charge in [0.05, 0.1) is 165 Å². The van der Waals surface area contributed by atoms with Gasteiger partial charge in [-0.05, 0) is 25.2 Å². The molecule has 0 radical (unpaired) electrons. The van der Waals surface area contributed by atoms with Crippen molar-refractivity contribution in [2.24, 2.45) is 0 Å². The molecule has 0 aromatic heterocycles. The van der Waals surface area contributed by atoms with Crippen LogP contribution in [0.25, 0.3) is 0 Å². The first kappa shape index (κ1) is 47.7. The molecule has 0 aliphatic heterocycles. The van der Waals surface area contributed by atoms with E-state index < -0.39 is 8.32 Å². The fraction of sp³-hybridized carbons (Fsp3) is 1.00. The van der Waals surface area contributed by atoms with Crippen molar-refractivity contribution < 1.29 is 61.3 Å². The first-order valence-electron chi connectivity index (χ1n) is 17.5. The average molecular weight is 718 g/mol. The number of likely N-dealkylation sites (N-methyl/N-ethyl adjacent to an activating group) is 1. The Balaban J connectivity index is 3.11. The monoisotopic (exact) mass is 717 g/mol. The van der Waals surface area contributed by atoms with E-state index >= 15 is 0 Å². The Bertz CT molecular complexity index is 633. The summed E-state index contributed by atoms with van der Waals surface area (Å²) in [6.07, 6.45) is 0. The third-order valence-corrected chi connectivity index (χ3v) is 11.6. The smallest absolute Gasteiger partial charge is 0.192 e. The van der Waals surface area contributed by atoms with Crippen LogP contribution in [0.15, 0.2) is 0 Å². The molecule has 14 nitrogen and oxygen atoms in total. The summed E-state index contributed by atoms with van der Waals surface area (Å²) in [5.74, 6) is 0. The van der Waals surface area contributed by atoms with Crippen molar-refractivity contribution >= 4 is 8.32 Å². The maximum Gasteiger partial charge on any atom is 0.192 e. The molecule has 15 heteroatoms. The predicted molar refractivity (Wildman–Crippen MR) is 187 cm³/mol. The molecule has 0 aromatic carbocycles. The minimum Gasteiger partial charge on any atom is -0.414 e. The molecule has 0 rings (SSSR count). The van der Waals surface area contributed by atoms with E-state index in [0.717, 1.165) is 6.54 Å². The fourth-order valence-corrected chi connectivity index (χ4v) is 4.29. The maximum atomic E-state index is 6.08. The Morgan fingerprint density at radius 3 is 0.708 bits per heavy atom. The fourth-order valence-electron chi connectivity index (χ4n) is 3.27. The van der Waals surface area contributed by atoms with Crippen LogP contribution in [0.1, 0.15) is 20.8 Å². The molecule has 0 heterocycles. The van der Waals surface area contributed by atoms with Crippen LogP contribution in [0.5, 0.6) is 0 Å². The second-order valence-electron chi connectivity index (χ2n) is 12.1. The van der Waals surface area contributed by atoms with Crippen LogP contribution in [0.3, 0.4) is 0 Å². The van der Waals surface area contributed by atoms with Crippen molar-refractivity contribution in [1.29, 1.82) is 0 Å². The second kappa shape index (κ2) is 36.4. The molecule has 0 amide bonds. The molecule has 290 valence electrons. The van der Waals surface area contributed by atoms with Gasteiger partial charge in [0.1, 0.15) is 0 Å². The van der Waals surface area contributed by atoms with E-state index in [0.29, 0.717) is 165 Å². The van der Waals surface area contributed by atoms with Gasteiger partial charge in [-0.25, -0.2) is 0 Å². The van der Waals surface area contributed by atoms with Crippen molar-refractivity contribution in [2.75, 3.05) is 179 Å². The lowest BCUT2D eigenvalue weighted by Gasteiger charge is -2.36. The third kappa shape index (κ3) is 35.5. The molecule has 48 heavy (non-hydrogen) atoms. The van der Waals surface area contributed by atoms with Crippen molar-refractivity contribution in [3.05, 3.63) is 0 Å². The summed E-state index contributed by atoms with van der Waals surface area (Å²) >= 11 is 0. The number of ether oxygens (including phenoxy) is 12. The second-order valence-corrected chi connectivity index (χ2v) is 16.9. The van der Waals surface area contributed by atoms with Crippen molar-refractivity contribution in [3.8, 4) is 0 Å². The Morgan fingerprint density at radius 2 is 0.521 bits per heavy atom. The highest BCUT2D eigenvalue weighted by Crippen LogP contribution is 2.36. The summed E-state index contributed by atoms with van der Waals surface area (Å²) < 4.78 is 71.9. The molecule has 0 saturated carbocycles. The third-order valence-electron chi connectivity index (χ3n) is 7.09. The van der Waals surface area contributed by atoms with Crippen LogP contribution >= 0.6 is 0 Å². The van der Waals surface area contributed by atoms with Gasteiger partial charge in [0.2, 0.25) is 0 Å². The molecule has 0 fully saturated rings. The van der Waals surface area contributed by atoms with Gasteiger partial charge >= 0.3 is 0 Å². The first-order chi connectivity index (χ1) is 23.3. The quantitative estimate of drug-likeness (QED) is 0.0735. The Morgan fingerprint density at radius 1 is 0.333 bits per heavy atom. The molecule has 0 atom stereocenters. The van der Waals surface area contributed by atoms with Gasteiger partial charge in [-0.15, -0.1) is 0 Å². The van der Waals surface area contributed by atoms with Crippen molar-refractivity contribution in [3.63, 3.8) is 0 Å². The average Bonchev–Trinajstić information content (AvgIpc) is 3.05. The molecule has 0 spiro atoms. The lowest BCUT2D eigenvalue weighted by atomic mass is 10.2. The van der Waals surface area contributed by atoms with Gasteiger partial charge < -0.3 is 66.6 Å². The topological polar surface area (TPSA) is 132 Å². The Kier molecular flexibility index (Phi) is 36.2. The minimum absolute atomic E-state index is 0.217. The van der Waals surface area contributed by atoms with E-state index in [4.69, 9.17) is 61.3 Å². The molecule has 0 unspecified atom stereocenters. The molecular weight excluding hydrogens is 646 g/mol. The number of hydrogen-bond acceptors (Lipinski definition) is 14. The molecule has 0 aliphatic rings. The number of nitrogens with one attached hydrogen (secondary N) is 1.